The van der Waals surface area contributed by atoms with Crippen LogP contribution >= 0.6 is 11.3 Å². The third kappa shape index (κ3) is 1.93. The van der Waals surface area contributed by atoms with Crippen LogP contribution in [0, 0.1) is 6.92 Å². The van der Waals surface area contributed by atoms with E-state index < -0.39 is 0 Å². The fraction of sp³-hybridized carbons (Fsp3) is 0.333. The largest absolute Gasteiger partial charge is 0.383 e. The highest BCUT2D eigenvalue weighted by atomic mass is 32.1. The zero-order chi connectivity index (χ0) is 11.7. The lowest BCUT2D eigenvalue weighted by Crippen LogP contribution is -2.05. The highest BCUT2D eigenvalue weighted by Gasteiger charge is 2.12. The van der Waals surface area contributed by atoms with Crippen LogP contribution in [0.2, 0.25) is 0 Å². The van der Waals surface area contributed by atoms with Crippen molar-refractivity contribution in [3.8, 4) is 11.3 Å². The first-order chi connectivity index (χ1) is 7.59. The van der Waals surface area contributed by atoms with E-state index in [1.165, 1.54) is 0 Å². The zero-order valence-electron chi connectivity index (χ0n) is 9.69. The molecule has 2 aromatic heterocycles. The summed E-state index contributed by atoms with van der Waals surface area (Å²) in [5.74, 6) is 1.68. The summed E-state index contributed by atoms with van der Waals surface area (Å²) in [4.78, 5) is 8.90. The minimum Gasteiger partial charge on any atom is -0.383 e. The molecule has 0 fully saturated rings. The summed E-state index contributed by atoms with van der Waals surface area (Å²) in [6.45, 7) is 6.11. The standard InChI is InChI=1S/C12H15N3S/c1-7(2)12-14-10(8(3)11(13)15-12)9-4-5-16-6-9/h4-7H,1-3H3,(H2,13,14,15). The van der Waals surface area contributed by atoms with E-state index in [-0.39, 0.29) is 0 Å². The van der Waals surface area contributed by atoms with Gasteiger partial charge in [0.15, 0.2) is 0 Å². The van der Waals surface area contributed by atoms with Crippen LogP contribution in [-0.2, 0) is 0 Å². The van der Waals surface area contributed by atoms with Gasteiger partial charge < -0.3 is 5.73 Å². The number of anilines is 1. The van der Waals surface area contributed by atoms with Crippen LogP contribution < -0.4 is 5.73 Å². The normalized spacial score (nSPS) is 11.0. The minimum atomic E-state index is 0.292. The van der Waals surface area contributed by atoms with E-state index >= 15 is 0 Å². The molecule has 0 amide bonds. The van der Waals surface area contributed by atoms with Gasteiger partial charge in [-0.25, -0.2) is 9.97 Å². The number of hydrogen-bond donors (Lipinski definition) is 1. The van der Waals surface area contributed by atoms with Gasteiger partial charge in [0.1, 0.15) is 11.6 Å². The molecule has 0 aliphatic carbocycles. The number of nitrogens with two attached hydrogens (primary N) is 1. The second-order valence-corrected chi connectivity index (χ2v) is 4.89. The SMILES string of the molecule is Cc1c(N)nc(C(C)C)nc1-c1ccsc1. The molecule has 2 N–H and O–H groups in total. The molecule has 0 bridgehead atoms. The minimum absolute atomic E-state index is 0.292. The number of rotatable bonds is 2. The Morgan fingerprint density at radius 1 is 1.31 bits per heavy atom. The average molecular weight is 233 g/mol. The summed E-state index contributed by atoms with van der Waals surface area (Å²) in [5.41, 5.74) is 8.96. The van der Waals surface area contributed by atoms with Crippen molar-refractivity contribution in [2.75, 3.05) is 5.73 Å². The Balaban J connectivity index is 2.60. The van der Waals surface area contributed by atoms with Gasteiger partial charge in [-0.3, -0.25) is 0 Å². The van der Waals surface area contributed by atoms with Crippen molar-refractivity contribution in [3.05, 3.63) is 28.2 Å². The quantitative estimate of drug-likeness (QED) is 0.866. The molecule has 3 nitrogen and oxygen atoms in total. The maximum Gasteiger partial charge on any atom is 0.133 e. The molecule has 0 saturated heterocycles. The van der Waals surface area contributed by atoms with E-state index in [4.69, 9.17) is 5.73 Å². The van der Waals surface area contributed by atoms with Crippen molar-refractivity contribution >= 4 is 17.2 Å². The molecule has 2 rings (SSSR count). The number of nitrogens with zero attached hydrogens (tertiary/aromatic N) is 2. The molecule has 0 saturated carbocycles. The Labute approximate surface area is 99.4 Å². The van der Waals surface area contributed by atoms with Crippen LogP contribution in [0.5, 0.6) is 0 Å². The van der Waals surface area contributed by atoms with Gasteiger partial charge in [-0.2, -0.15) is 11.3 Å². The maximum atomic E-state index is 5.92. The Hall–Kier alpha value is -1.42. The van der Waals surface area contributed by atoms with E-state index in [0.717, 1.165) is 22.6 Å². The van der Waals surface area contributed by atoms with Gasteiger partial charge in [-0.15, -0.1) is 0 Å². The van der Waals surface area contributed by atoms with Gasteiger partial charge in [0.25, 0.3) is 0 Å². The molecule has 0 spiro atoms. The lowest BCUT2D eigenvalue weighted by molar-refractivity contribution is 0.776. The second-order valence-electron chi connectivity index (χ2n) is 4.11. The second kappa shape index (κ2) is 4.22. The molecule has 0 aromatic carbocycles. The third-order valence-electron chi connectivity index (χ3n) is 2.51. The molecule has 0 unspecified atom stereocenters. The molecule has 0 aliphatic rings. The predicted molar refractivity (Wildman–Crippen MR) is 68.6 cm³/mol. The average Bonchev–Trinajstić information content (AvgIpc) is 2.74. The van der Waals surface area contributed by atoms with Crippen LogP contribution in [0.25, 0.3) is 11.3 Å². The first-order valence-electron chi connectivity index (χ1n) is 5.26. The molecule has 2 aromatic rings. The number of nitrogen functional groups attached to an aromatic ring is 1. The Bertz CT molecular complexity index is 489. The molecule has 16 heavy (non-hydrogen) atoms. The number of hydrogen-bond acceptors (Lipinski definition) is 4. The summed E-state index contributed by atoms with van der Waals surface area (Å²) < 4.78 is 0. The first-order valence-corrected chi connectivity index (χ1v) is 6.20. The summed E-state index contributed by atoms with van der Waals surface area (Å²) in [6, 6.07) is 2.06. The molecule has 0 aliphatic heterocycles. The Morgan fingerprint density at radius 3 is 2.62 bits per heavy atom. The van der Waals surface area contributed by atoms with E-state index in [2.05, 4.69) is 35.3 Å². The molecule has 4 heteroatoms. The van der Waals surface area contributed by atoms with Crippen LogP contribution in [-0.4, -0.2) is 9.97 Å². The Kier molecular flexibility index (Phi) is 2.92. The first kappa shape index (κ1) is 11.1. The van der Waals surface area contributed by atoms with Gasteiger partial charge in [0.05, 0.1) is 5.69 Å². The zero-order valence-corrected chi connectivity index (χ0v) is 10.5. The fourth-order valence-corrected chi connectivity index (χ4v) is 2.13. The van der Waals surface area contributed by atoms with E-state index in [9.17, 15) is 0 Å². The highest BCUT2D eigenvalue weighted by Crippen LogP contribution is 2.27. The van der Waals surface area contributed by atoms with Crippen molar-refractivity contribution < 1.29 is 0 Å². The van der Waals surface area contributed by atoms with Crippen LogP contribution in [0.1, 0.15) is 31.2 Å². The van der Waals surface area contributed by atoms with Crippen molar-refractivity contribution in [1.82, 2.24) is 9.97 Å². The smallest absolute Gasteiger partial charge is 0.133 e. The lowest BCUT2D eigenvalue weighted by atomic mass is 10.1. The summed E-state index contributed by atoms with van der Waals surface area (Å²) in [6.07, 6.45) is 0. The van der Waals surface area contributed by atoms with E-state index in [1.807, 2.05) is 12.3 Å². The van der Waals surface area contributed by atoms with Gasteiger partial charge in [0.2, 0.25) is 0 Å². The van der Waals surface area contributed by atoms with Crippen LogP contribution in [0.15, 0.2) is 16.8 Å². The van der Waals surface area contributed by atoms with Crippen molar-refractivity contribution in [1.29, 1.82) is 0 Å². The lowest BCUT2D eigenvalue weighted by Gasteiger charge is -2.10. The molecular formula is C12H15N3S. The van der Waals surface area contributed by atoms with Gasteiger partial charge in [0, 0.05) is 22.4 Å². The van der Waals surface area contributed by atoms with Crippen LogP contribution in [0.4, 0.5) is 5.82 Å². The molecule has 0 atom stereocenters. The van der Waals surface area contributed by atoms with Gasteiger partial charge in [-0.1, -0.05) is 13.8 Å². The summed E-state index contributed by atoms with van der Waals surface area (Å²) in [7, 11) is 0. The number of aromatic nitrogens is 2. The monoisotopic (exact) mass is 233 g/mol. The maximum absolute atomic E-state index is 5.92. The topological polar surface area (TPSA) is 51.8 Å². The fourth-order valence-electron chi connectivity index (χ4n) is 1.49. The third-order valence-corrected chi connectivity index (χ3v) is 3.20. The molecule has 84 valence electrons. The molecule has 2 heterocycles. The van der Waals surface area contributed by atoms with Crippen LogP contribution in [0.3, 0.4) is 0 Å². The summed E-state index contributed by atoms with van der Waals surface area (Å²) >= 11 is 1.66. The summed E-state index contributed by atoms with van der Waals surface area (Å²) in [5, 5.41) is 4.13. The number of thiophene rings is 1. The van der Waals surface area contributed by atoms with E-state index in [1.54, 1.807) is 11.3 Å². The molecule has 0 radical (unpaired) electrons. The highest BCUT2D eigenvalue weighted by molar-refractivity contribution is 7.08. The van der Waals surface area contributed by atoms with E-state index in [0.29, 0.717) is 11.7 Å². The van der Waals surface area contributed by atoms with Crippen molar-refractivity contribution in [2.24, 2.45) is 0 Å². The van der Waals surface area contributed by atoms with Crippen molar-refractivity contribution in [3.63, 3.8) is 0 Å². The van der Waals surface area contributed by atoms with Gasteiger partial charge in [-0.05, 0) is 18.4 Å². The molecular weight excluding hydrogens is 218 g/mol. The predicted octanol–water partition coefficient (Wildman–Crippen LogP) is 3.22. The Morgan fingerprint density at radius 2 is 2.06 bits per heavy atom. The van der Waals surface area contributed by atoms with Gasteiger partial charge >= 0.3 is 0 Å². The van der Waals surface area contributed by atoms with Crippen molar-refractivity contribution in [2.45, 2.75) is 26.7 Å².